The number of aliphatic hydroxyl groups is 1. The van der Waals surface area contributed by atoms with Crippen LogP contribution in [-0.4, -0.2) is 65.3 Å². The third-order valence-corrected chi connectivity index (χ3v) is 5.73. The monoisotopic (exact) mass is 411 g/mol. The molecule has 1 aliphatic rings. The van der Waals surface area contributed by atoms with Crippen LogP contribution < -0.4 is 11.1 Å². The highest BCUT2D eigenvalue weighted by molar-refractivity contribution is 5.52. The molecule has 0 amide bonds. The molecule has 0 saturated carbocycles. The van der Waals surface area contributed by atoms with Gasteiger partial charge in [0.25, 0.3) is 0 Å². The van der Waals surface area contributed by atoms with E-state index < -0.39 is 0 Å². The van der Waals surface area contributed by atoms with Crippen LogP contribution in [0.4, 0.5) is 11.5 Å². The van der Waals surface area contributed by atoms with Crippen molar-refractivity contribution in [3.8, 4) is 0 Å². The summed E-state index contributed by atoms with van der Waals surface area (Å²) in [5.41, 5.74) is 10.7. The zero-order chi connectivity index (χ0) is 21.3. The van der Waals surface area contributed by atoms with Crippen molar-refractivity contribution in [1.82, 2.24) is 14.8 Å². The molecule has 1 aromatic carbocycles. The summed E-state index contributed by atoms with van der Waals surface area (Å²) in [7, 11) is 0. The van der Waals surface area contributed by atoms with Crippen molar-refractivity contribution in [2.24, 2.45) is 0 Å². The van der Waals surface area contributed by atoms with Crippen LogP contribution in [0.2, 0.25) is 0 Å². The molecule has 2 heterocycles. The van der Waals surface area contributed by atoms with Crippen molar-refractivity contribution < 1.29 is 5.11 Å². The van der Waals surface area contributed by atoms with Crippen LogP contribution in [-0.2, 0) is 13.0 Å². The van der Waals surface area contributed by atoms with Crippen LogP contribution in [0, 0.1) is 0 Å². The fraction of sp³-hybridized carbons (Fsp3) is 0.542. The smallest absolute Gasteiger partial charge is 0.125 e. The minimum atomic E-state index is 0.249. The number of anilines is 2. The van der Waals surface area contributed by atoms with Crippen molar-refractivity contribution in [2.75, 3.05) is 50.4 Å². The minimum absolute atomic E-state index is 0.249. The van der Waals surface area contributed by atoms with Crippen LogP contribution in [0.25, 0.3) is 0 Å². The second-order valence-corrected chi connectivity index (χ2v) is 8.44. The Morgan fingerprint density at radius 2 is 1.73 bits per heavy atom. The number of hydrogen-bond donors (Lipinski definition) is 3. The topological polar surface area (TPSA) is 77.7 Å². The Morgan fingerprint density at radius 3 is 2.40 bits per heavy atom. The van der Waals surface area contributed by atoms with Crippen LogP contribution in [0.15, 0.2) is 36.4 Å². The predicted octanol–water partition coefficient (Wildman–Crippen LogP) is 2.97. The zero-order valence-electron chi connectivity index (χ0n) is 18.5. The number of nitrogens with zero attached hydrogens (tertiary/aromatic N) is 3. The number of nitrogen functional groups attached to an aromatic ring is 1. The largest absolute Gasteiger partial charge is 0.395 e. The molecule has 2 aromatic rings. The molecule has 0 spiro atoms. The summed E-state index contributed by atoms with van der Waals surface area (Å²) in [5, 5.41) is 12.6. The Hall–Kier alpha value is -2.15. The number of rotatable bonds is 10. The number of hydrogen-bond acceptors (Lipinski definition) is 6. The number of benzene rings is 1. The van der Waals surface area contributed by atoms with E-state index in [-0.39, 0.29) is 6.61 Å². The van der Waals surface area contributed by atoms with Gasteiger partial charge < -0.3 is 16.2 Å². The van der Waals surface area contributed by atoms with E-state index in [0.717, 1.165) is 69.9 Å². The number of aliphatic hydroxyl groups excluding tert-OH is 1. The first-order chi connectivity index (χ1) is 14.6. The third-order valence-electron chi connectivity index (χ3n) is 5.73. The van der Waals surface area contributed by atoms with Gasteiger partial charge in [-0.25, -0.2) is 4.98 Å². The molecule has 3 rings (SSSR count). The van der Waals surface area contributed by atoms with Crippen molar-refractivity contribution in [3.63, 3.8) is 0 Å². The highest BCUT2D eigenvalue weighted by Crippen LogP contribution is 2.19. The molecular formula is C24H37N5O. The lowest BCUT2D eigenvalue weighted by molar-refractivity contribution is 0.108. The summed E-state index contributed by atoms with van der Waals surface area (Å²) in [4.78, 5) is 9.34. The van der Waals surface area contributed by atoms with Gasteiger partial charge in [0, 0.05) is 69.2 Å². The van der Waals surface area contributed by atoms with Gasteiger partial charge >= 0.3 is 0 Å². The van der Waals surface area contributed by atoms with E-state index in [0.29, 0.717) is 11.9 Å². The van der Waals surface area contributed by atoms with Gasteiger partial charge in [0.15, 0.2) is 0 Å². The summed E-state index contributed by atoms with van der Waals surface area (Å²) in [6.07, 6.45) is 3.07. The molecule has 6 heteroatoms. The second-order valence-electron chi connectivity index (χ2n) is 8.44. The lowest BCUT2D eigenvalue weighted by Crippen LogP contribution is -2.46. The molecule has 6 nitrogen and oxygen atoms in total. The van der Waals surface area contributed by atoms with Gasteiger partial charge in [-0.1, -0.05) is 37.6 Å². The van der Waals surface area contributed by atoms with Crippen molar-refractivity contribution in [2.45, 2.75) is 45.7 Å². The first-order valence-corrected chi connectivity index (χ1v) is 11.2. The van der Waals surface area contributed by atoms with E-state index in [1.807, 2.05) is 6.07 Å². The molecule has 0 bridgehead atoms. The Kier molecular flexibility index (Phi) is 8.49. The quantitative estimate of drug-likeness (QED) is 0.558. The number of piperazine rings is 1. The van der Waals surface area contributed by atoms with E-state index >= 15 is 0 Å². The average molecular weight is 412 g/mol. The highest BCUT2D eigenvalue weighted by atomic mass is 16.3. The Bertz CT molecular complexity index is 772. The maximum atomic E-state index is 9.07. The Morgan fingerprint density at radius 1 is 1.07 bits per heavy atom. The third kappa shape index (κ3) is 6.97. The molecule has 164 valence electrons. The molecule has 1 atom stereocenters. The molecule has 1 fully saturated rings. The summed E-state index contributed by atoms with van der Waals surface area (Å²) in [5.74, 6) is 0.565. The SMILES string of the molecule is CCC[C@@H](C)Nc1cc(N)nc(Cc2ccc(CN3CCN(CCO)CC3)cc2)c1. The summed E-state index contributed by atoms with van der Waals surface area (Å²) >= 11 is 0. The average Bonchev–Trinajstić information content (AvgIpc) is 2.71. The van der Waals surface area contributed by atoms with Crippen LogP contribution >= 0.6 is 0 Å². The van der Waals surface area contributed by atoms with Crippen molar-refractivity contribution in [3.05, 3.63) is 53.2 Å². The standard InChI is InChI=1S/C24H37N5O/c1-3-4-19(2)26-23-16-22(27-24(25)17-23)15-20-5-7-21(8-6-20)18-29-11-9-28(10-12-29)13-14-30/h5-8,16-17,19,30H,3-4,9-15,18H2,1-2H3,(H3,25,26,27)/t19-/m1/s1. The molecule has 1 aliphatic heterocycles. The maximum Gasteiger partial charge on any atom is 0.125 e. The highest BCUT2D eigenvalue weighted by Gasteiger charge is 2.16. The molecule has 0 radical (unpaired) electrons. The van der Waals surface area contributed by atoms with Gasteiger partial charge in [-0.3, -0.25) is 9.80 Å². The molecule has 4 N–H and O–H groups in total. The summed E-state index contributed by atoms with van der Waals surface area (Å²) in [6, 6.07) is 13.3. The lowest BCUT2D eigenvalue weighted by atomic mass is 10.1. The zero-order valence-corrected chi connectivity index (χ0v) is 18.5. The van der Waals surface area contributed by atoms with Gasteiger partial charge in [-0.2, -0.15) is 0 Å². The van der Waals surface area contributed by atoms with Gasteiger partial charge in [-0.15, -0.1) is 0 Å². The van der Waals surface area contributed by atoms with Gasteiger partial charge in [0.2, 0.25) is 0 Å². The molecule has 1 aromatic heterocycles. The van der Waals surface area contributed by atoms with Gasteiger partial charge in [-0.05, 0) is 30.5 Å². The lowest BCUT2D eigenvalue weighted by Gasteiger charge is -2.34. The molecular weight excluding hydrogens is 374 g/mol. The minimum Gasteiger partial charge on any atom is -0.395 e. The summed E-state index contributed by atoms with van der Waals surface area (Å²) < 4.78 is 0. The molecule has 0 aliphatic carbocycles. The van der Waals surface area contributed by atoms with Crippen molar-refractivity contribution in [1.29, 1.82) is 0 Å². The maximum absolute atomic E-state index is 9.07. The van der Waals surface area contributed by atoms with E-state index in [1.165, 1.54) is 11.1 Å². The van der Waals surface area contributed by atoms with Crippen LogP contribution in [0.1, 0.15) is 43.5 Å². The first-order valence-electron chi connectivity index (χ1n) is 11.2. The number of aromatic nitrogens is 1. The molecule has 1 saturated heterocycles. The van der Waals surface area contributed by atoms with Gasteiger partial charge in [0.1, 0.15) is 5.82 Å². The van der Waals surface area contributed by atoms with E-state index in [2.05, 4.69) is 64.3 Å². The fourth-order valence-corrected chi connectivity index (χ4v) is 4.12. The normalized spacial score (nSPS) is 16.5. The summed E-state index contributed by atoms with van der Waals surface area (Å²) in [6.45, 7) is 10.6. The molecule has 0 unspecified atom stereocenters. The van der Waals surface area contributed by atoms with Gasteiger partial charge in [0.05, 0.1) is 6.61 Å². The van der Waals surface area contributed by atoms with E-state index in [1.54, 1.807) is 0 Å². The number of β-amino-alcohol motifs (C(OH)–C–C–N with tert-alkyl or cyclic N) is 1. The second kappa shape index (κ2) is 11.3. The van der Waals surface area contributed by atoms with E-state index in [9.17, 15) is 0 Å². The van der Waals surface area contributed by atoms with Crippen LogP contribution in [0.5, 0.6) is 0 Å². The Balaban J connectivity index is 1.55. The Labute approximate surface area is 181 Å². The van der Waals surface area contributed by atoms with E-state index in [4.69, 9.17) is 10.8 Å². The number of nitrogens with one attached hydrogen (secondary N) is 1. The van der Waals surface area contributed by atoms with Crippen LogP contribution in [0.3, 0.4) is 0 Å². The predicted molar refractivity (Wildman–Crippen MR) is 125 cm³/mol. The fourth-order valence-electron chi connectivity index (χ4n) is 4.12. The number of nitrogens with two attached hydrogens (primary N) is 1. The number of pyridine rings is 1. The first kappa shape index (κ1) is 22.5. The van der Waals surface area contributed by atoms with Crippen molar-refractivity contribution >= 4 is 11.5 Å². The molecule has 30 heavy (non-hydrogen) atoms.